The minimum atomic E-state index is -0.211. The minimum Gasteiger partial charge on any atom is -0.493 e. The Labute approximate surface area is 159 Å². The van der Waals surface area contributed by atoms with Crippen molar-refractivity contribution in [2.75, 3.05) is 19.0 Å². The first kappa shape index (κ1) is 20.3. The van der Waals surface area contributed by atoms with Crippen molar-refractivity contribution in [1.82, 2.24) is 5.32 Å². The van der Waals surface area contributed by atoms with E-state index >= 15 is 0 Å². The number of carbonyl (C=O) groups excluding carboxylic acids is 2. The van der Waals surface area contributed by atoms with Gasteiger partial charge in [0.25, 0.3) is 5.91 Å². The van der Waals surface area contributed by atoms with Gasteiger partial charge in [0, 0.05) is 24.2 Å². The molecule has 6 heteroatoms. The fourth-order valence-electron chi connectivity index (χ4n) is 2.58. The molecule has 0 atom stereocenters. The highest BCUT2D eigenvalue weighted by molar-refractivity contribution is 5.95. The molecule has 144 valence electrons. The maximum atomic E-state index is 12.4. The summed E-state index contributed by atoms with van der Waals surface area (Å²) in [5.41, 5.74) is 2.11. The van der Waals surface area contributed by atoms with Gasteiger partial charge in [0.15, 0.2) is 11.5 Å². The van der Waals surface area contributed by atoms with Crippen LogP contribution < -0.4 is 20.1 Å². The fourth-order valence-corrected chi connectivity index (χ4v) is 2.58. The maximum absolute atomic E-state index is 12.4. The van der Waals surface area contributed by atoms with Gasteiger partial charge in [-0.15, -0.1) is 0 Å². The SMILES string of the molecule is CCCC(=O)Nc1cccc(CNC(=O)c2ccc(OCC)c(OC)c2)c1. The smallest absolute Gasteiger partial charge is 0.251 e. The molecule has 27 heavy (non-hydrogen) atoms. The number of nitrogens with one attached hydrogen (secondary N) is 2. The molecule has 2 aromatic carbocycles. The van der Waals surface area contributed by atoms with Gasteiger partial charge in [0.05, 0.1) is 13.7 Å². The molecule has 2 N–H and O–H groups in total. The van der Waals surface area contributed by atoms with Crippen molar-refractivity contribution < 1.29 is 19.1 Å². The van der Waals surface area contributed by atoms with Gasteiger partial charge in [-0.25, -0.2) is 0 Å². The van der Waals surface area contributed by atoms with Crippen LogP contribution in [0.2, 0.25) is 0 Å². The molecule has 0 aromatic heterocycles. The zero-order chi connectivity index (χ0) is 19.6. The van der Waals surface area contributed by atoms with E-state index in [9.17, 15) is 9.59 Å². The summed E-state index contributed by atoms with van der Waals surface area (Å²) in [6, 6.07) is 12.5. The van der Waals surface area contributed by atoms with Crippen molar-refractivity contribution in [3.8, 4) is 11.5 Å². The molecule has 0 unspecified atom stereocenters. The molecule has 0 fully saturated rings. The van der Waals surface area contributed by atoms with Crippen molar-refractivity contribution in [3.05, 3.63) is 53.6 Å². The van der Waals surface area contributed by atoms with Gasteiger partial charge in [-0.05, 0) is 49.2 Å². The predicted molar refractivity (Wildman–Crippen MR) is 105 cm³/mol. The Hall–Kier alpha value is -3.02. The number of carbonyl (C=O) groups is 2. The summed E-state index contributed by atoms with van der Waals surface area (Å²) in [5, 5.41) is 5.73. The summed E-state index contributed by atoms with van der Waals surface area (Å²) in [6.07, 6.45) is 1.29. The van der Waals surface area contributed by atoms with Crippen molar-refractivity contribution >= 4 is 17.5 Å². The van der Waals surface area contributed by atoms with E-state index in [1.165, 1.54) is 7.11 Å². The molecule has 0 bridgehead atoms. The lowest BCUT2D eigenvalue weighted by Gasteiger charge is -2.12. The van der Waals surface area contributed by atoms with Crippen molar-refractivity contribution in [3.63, 3.8) is 0 Å². The Morgan fingerprint density at radius 3 is 2.56 bits per heavy atom. The second kappa shape index (κ2) is 10.2. The van der Waals surface area contributed by atoms with Gasteiger partial charge in [0.1, 0.15) is 0 Å². The van der Waals surface area contributed by atoms with Crippen molar-refractivity contribution in [2.45, 2.75) is 33.2 Å². The van der Waals surface area contributed by atoms with E-state index in [4.69, 9.17) is 9.47 Å². The van der Waals surface area contributed by atoms with Gasteiger partial charge in [-0.2, -0.15) is 0 Å². The average Bonchev–Trinajstić information content (AvgIpc) is 2.67. The van der Waals surface area contributed by atoms with Crippen LogP contribution in [0, 0.1) is 0 Å². The monoisotopic (exact) mass is 370 g/mol. The van der Waals surface area contributed by atoms with Crippen LogP contribution in [0.5, 0.6) is 11.5 Å². The number of rotatable bonds is 9. The van der Waals surface area contributed by atoms with Gasteiger partial charge in [0.2, 0.25) is 5.91 Å². The van der Waals surface area contributed by atoms with Crippen LogP contribution in [-0.2, 0) is 11.3 Å². The molecular weight excluding hydrogens is 344 g/mol. The molecular formula is C21H26N2O4. The standard InChI is InChI=1S/C21H26N2O4/c1-4-7-20(24)23-17-9-6-8-15(12-17)14-22-21(25)16-10-11-18(27-5-2)19(13-16)26-3/h6,8-13H,4-5,7,14H2,1-3H3,(H,22,25)(H,23,24). The Morgan fingerprint density at radius 2 is 1.85 bits per heavy atom. The molecule has 6 nitrogen and oxygen atoms in total. The van der Waals surface area contributed by atoms with E-state index in [1.54, 1.807) is 18.2 Å². The first-order valence-corrected chi connectivity index (χ1v) is 9.05. The molecule has 0 saturated carbocycles. The van der Waals surface area contributed by atoms with Crippen molar-refractivity contribution in [1.29, 1.82) is 0 Å². The largest absolute Gasteiger partial charge is 0.493 e. The third kappa shape index (κ3) is 6.02. The molecule has 2 amide bonds. The first-order chi connectivity index (χ1) is 13.1. The van der Waals surface area contributed by atoms with Gasteiger partial charge < -0.3 is 20.1 Å². The molecule has 0 heterocycles. The van der Waals surface area contributed by atoms with E-state index in [-0.39, 0.29) is 11.8 Å². The Balaban J connectivity index is 2.00. The molecule has 2 aromatic rings. The van der Waals surface area contributed by atoms with E-state index in [0.29, 0.717) is 36.6 Å². The topological polar surface area (TPSA) is 76.7 Å². The fraction of sp³-hybridized carbons (Fsp3) is 0.333. The number of ether oxygens (including phenoxy) is 2. The van der Waals surface area contributed by atoms with E-state index < -0.39 is 0 Å². The number of methoxy groups -OCH3 is 1. The van der Waals surface area contributed by atoms with Crippen molar-refractivity contribution in [2.24, 2.45) is 0 Å². The Morgan fingerprint density at radius 1 is 1.04 bits per heavy atom. The number of benzene rings is 2. The van der Waals surface area contributed by atoms with Crippen LogP contribution in [0.1, 0.15) is 42.6 Å². The van der Waals surface area contributed by atoms with Crippen LogP contribution in [0.4, 0.5) is 5.69 Å². The molecule has 0 saturated heterocycles. The third-order valence-electron chi connectivity index (χ3n) is 3.87. The highest BCUT2D eigenvalue weighted by Gasteiger charge is 2.11. The number of hydrogen-bond donors (Lipinski definition) is 2. The second-order valence-electron chi connectivity index (χ2n) is 5.98. The van der Waals surface area contributed by atoms with Crippen LogP contribution in [0.3, 0.4) is 0 Å². The lowest BCUT2D eigenvalue weighted by atomic mass is 10.1. The van der Waals surface area contributed by atoms with E-state index in [0.717, 1.165) is 17.7 Å². The van der Waals surface area contributed by atoms with Crippen LogP contribution >= 0.6 is 0 Å². The second-order valence-corrected chi connectivity index (χ2v) is 5.98. The molecule has 0 aliphatic heterocycles. The van der Waals surface area contributed by atoms with Crippen LogP contribution in [0.15, 0.2) is 42.5 Å². The molecule has 0 aliphatic carbocycles. The average molecular weight is 370 g/mol. The zero-order valence-corrected chi connectivity index (χ0v) is 16.0. The maximum Gasteiger partial charge on any atom is 0.251 e. The van der Waals surface area contributed by atoms with Crippen LogP contribution in [0.25, 0.3) is 0 Å². The predicted octanol–water partition coefficient (Wildman–Crippen LogP) is 3.76. The summed E-state index contributed by atoms with van der Waals surface area (Å²) in [6.45, 7) is 4.72. The molecule has 0 radical (unpaired) electrons. The van der Waals surface area contributed by atoms with E-state index in [1.807, 2.05) is 38.1 Å². The number of anilines is 1. The molecule has 0 spiro atoms. The minimum absolute atomic E-state index is 0.0137. The Bertz CT molecular complexity index is 790. The van der Waals surface area contributed by atoms with Crippen LogP contribution in [-0.4, -0.2) is 25.5 Å². The number of amides is 2. The lowest BCUT2D eigenvalue weighted by molar-refractivity contribution is -0.116. The molecule has 2 rings (SSSR count). The van der Waals surface area contributed by atoms with Gasteiger partial charge in [-0.1, -0.05) is 19.1 Å². The first-order valence-electron chi connectivity index (χ1n) is 9.05. The lowest BCUT2D eigenvalue weighted by Crippen LogP contribution is -2.23. The summed E-state index contributed by atoms with van der Waals surface area (Å²) in [7, 11) is 1.54. The Kier molecular flexibility index (Phi) is 7.67. The number of hydrogen-bond acceptors (Lipinski definition) is 4. The summed E-state index contributed by atoms with van der Waals surface area (Å²) in [5.74, 6) is 0.897. The van der Waals surface area contributed by atoms with E-state index in [2.05, 4.69) is 10.6 Å². The highest BCUT2D eigenvalue weighted by Crippen LogP contribution is 2.28. The van der Waals surface area contributed by atoms with Gasteiger partial charge in [-0.3, -0.25) is 9.59 Å². The summed E-state index contributed by atoms with van der Waals surface area (Å²) < 4.78 is 10.7. The summed E-state index contributed by atoms with van der Waals surface area (Å²) in [4.78, 5) is 24.1. The third-order valence-corrected chi connectivity index (χ3v) is 3.87. The highest BCUT2D eigenvalue weighted by atomic mass is 16.5. The normalized spacial score (nSPS) is 10.2. The molecule has 0 aliphatic rings. The quantitative estimate of drug-likeness (QED) is 0.705. The zero-order valence-electron chi connectivity index (χ0n) is 16.0. The summed E-state index contributed by atoms with van der Waals surface area (Å²) >= 11 is 0. The van der Waals surface area contributed by atoms with Gasteiger partial charge >= 0.3 is 0 Å².